The molecule has 0 aliphatic heterocycles. The molecule has 1 amide bonds. The highest BCUT2D eigenvalue weighted by molar-refractivity contribution is 9.10. The first-order valence-corrected chi connectivity index (χ1v) is 8.28. The van der Waals surface area contributed by atoms with E-state index in [1.54, 1.807) is 17.0 Å². The Bertz CT molecular complexity index is 509. The van der Waals surface area contributed by atoms with Crippen LogP contribution in [0, 0.1) is 11.7 Å². The second-order valence-corrected chi connectivity index (χ2v) is 6.63. The van der Waals surface area contributed by atoms with E-state index in [2.05, 4.69) is 15.9 Å². The standard InChI is InChI=1S/C16H22BrFN2O/c1-2-20(10-12-8-13(17)6-7-15(12)18)16(21)11-4-3-5-14(19)9-11/h6-8,11,14H,2-5,9-10,19H2,1H3. The van der Waals surface area contributed by atoms with Crippen LogP contribution in [0.3, 0.4) is 0 Å². The molecule has 1 aromatic rings. The Morgan fingerprint density at radius 1 is 1.48 bits per heavy atom. The molecule has 1 aliphatic rings. The lowest BCUT2D eigenvalue weighted by Gasteiger charge is -2.31. The van der Waals surface area contributed by atoms with Crippen LogP contribution in [0.1, 0.15) is 38.2 Å². The van der Waals surface area contributed by atoms with Gasteiger partial charge in [-0.3, -0.25) is 4.79 Å². The van der Waals surface area contributed by atoms with Gasteiger partial charge in [-0.15, -0.1) is 0 Å². The van der Waals surface area contributed by atoms with Crippen LogP contribution >= 0.6 is 15.9 Å². The average molecular weight is 357 g/mol. The first-order valence-electron chi connectivity index (χ1n) is 7.49. The lowest BCUT2D eigenvalue weighted by molar-refractivity contribution is -0.137. The maximum Gasteiger partial charge on any atom is 0.226 e. The molecule has 0 saturated heterocycles. The van der Waals surface area contributed by atoms with Crippen LogP contribution in [0.4, 0.5) is 4.39 Å². The molecule has 0 aromatic heterocycles. The van der Waals surface area contributed by atoms with Crippen LogP contribution < -0.4 is 5.73 Å². The van der Waals surface area contributed by atoms with Crippen LogP contribution in [0.25, 0.3) is 0 Å². The number of nitrogens with zero attached hydrogens (tertiary/aromatic N) is 1. The largest absolute Gasteiger partial charge is 0.338 e. The van der Waals surface area contributed by atoms with Crippen molar-refractivity contribution in [1.29, 1.82) is 0 Å². The molecule has 1 aromatic carbocycles. The van der Waals surface area contributed by atoms with E-state index in [-0.39, 0.29) is 23.7 Å². The fraction of sp³-hybridized carbons (Fsp3) is 0.562. The van der Waals surface area contributed by atoms with Crippen LogP contribution in [0.5, 0.6) is 0 Å². The van der Waals surface area contributed by atoms with E-state index in [1.165, 1.54) is 6.07 Å². The lowest BCUT2D eigenvalue weighted by atomic mass is 9.85. The van der Waals surface area contributed by atoms with Crippen molar-refractivity contribution in [3.8, 4) is 0 Å². The van der Waals surface area contributed by atoms with E-state index in [1.807, 2.05) is 6.92 Å². The van der Waals surface area contributed by atoms with Crippen LogP contribution in [-0.2, 0) is 11.3 Å². The number of nitrogens with two attached hydrogens (primary N) is 1. The van der Waals surface area contributed by atoms with Crippen molar-refractivity contribution >= 4 is 21.8 Å². The number of rotatable bonds is 4. The Morgan fingerprint density at radius 3 is 2.90 bits per heavy atom. The minimum Gasteiger partial charge on any atom is -0.338 e. The third-order valence-electron chi connectivity index (χ3n) is 4.13. The van der Waals surface area contributed by atoms with Crippen molar-refractivity contribution in [2.45, 2.75) is 45.2 Å². The van der Waals surface area contributed by atoms with Crippen LogP contribution in [0.15, 0.2) is 22.7 Å². The second-order valence-electron chi connectivity index (χ2n) is 5.71. The summed E-state index contributed by atoms with van der Waals surface area (Å²) in [7, 11) is 0. The second kappa shape index (κ2) is 7.36. The number of hydrogen-bond donors (Lipinski definition) is 1. The maximum atomic E-state index is 13.9. The minimum atomic E-state index is -0.273. The SMILES string of the molecule is CCN(Cc1cc(Br)ccc1F)C(=O)C1CCCC(N)C1. The molecule has 0 radical (unpaired) electrons. The molecule has 21 heavy (non-hydrogen) atoms. The van der Waals surface area contributed by atoms with Crippen molar-refractivity contribution in [3.05, 3.63) is 34.1 Å². The molecule has 1 aliphatic carbocycles. The molecule has 0 bridgehead atoms. The summed E-state index contributed by atoms with van der Waals surface area (Å²) in [6.45, 7) is 2.82. The summed E-state index contributed by atoms with van der Waals surface area (Å²) < 4.78 is 14.7. The number of halogens is 2. The van der Waals surface area contributed by atoms with E-state index in [4.69, 9.17) is 5.73 Å². The van der Waals surface area contributed by atoms with Crippen molar-refractivity contribution in [1.82, 2.24) is 4.90 Å². The quantitative estimate of drug-likeness (QED) is 0.897. The molecular formula is C16H22BrFN2O. The Balaban J connectivity index is 2.08. The third-order valence-corrected chi connectivity index (χ3v) is 4.62. The molecule has 116 valence electrons. The van der Waals surface area contributed by atoms with E-state index in [9.17, 15) is 9.18 Å². The van der Waals surface area contributed by atoms with Gasteiger partial charge in [0.15, 0.2) is 0 Å². The monoisotopic (exact) mass is 356 g/mol. The molecule has 2 unspecified atom stereocenters. The van der Waals surface area contributed by atoms with Crippen LogP contribution in [0.2, 0.25) is 0 Å². The number of amides is 1. The summed E-state index contributed by atoms with van der Waals surface area (Å²) in [6.07, 6.45) is 3.64. The molecule has 5 heteroatoms. The molecule has 0 heterocycles. The molecule has 1 saturated carbocycles. The zero-order chi connectivity index (χ0) is 15.4. The summed E-state index contributed by atoms with van der Waals surface area (Å²) in [5.74, 6) is -0.180. The van der Waals surface area contributed by atoms with Crippen molar-refractivity contribution < 1.29 is 9.18 Å². The van der Waals surface area contributed by atoms with Crippen molar-refractivity contribution in [3.63, 3.8) is 0 Å². The van der Waals surface area contributed by atoms with Gasteiger partial charge in [-0.25, -0.2) is 4.39 Å². The van der Waals surface area contributed by atoms with Gasteiger partial charge in [0.25, 0.3) is 0 Å². The summed E-state index contributed by atoms with van der Waals surface area (Å²) >= 11 is 3.34. The summed E-state index contributed by atoms with van der Waals surface area (Å²) in [5, 5.41) is 0. The van der Waals surface area contributed by atoms with E-state index >= 15 is 0 Å². The van der Waals surface area contributed by atoms with Crippen LogP contribution in [-0.4, -0.2) is 23.4 Å². The first-order chi connectivity index (χ1) is 10.0. The topological polar surface area (TPSA) is 46.3 Å². The van der Waals surface area contributed by atoms with Gasteiger partial charge < -0.3 is 10.6 Å². The van der Waals surface area contributed by atoms with Gasteiger partial charge in [0.1, 0.15) is 5.82 Å². The molecule has 2 atom stereocenters. The molecular weight excluding hydrogens is 335 g/mol. The van der Waals surface area contributed by atoms with Gasteiger partial charge in [-0.2, -0.15) is 0 Å². The fourth-order valence-corrected chi connectivity index (χ4v) is 3.33. The Morgan fingerprint density at radius 2 is 2.24 bits per heavy atom. The zero-order valence-electron chi connectivity index (χ0n) is 12.3. The zero-order valence-corrected chi connectivity index (χ0v) is 13.9. The lowest BCUT2D eigenvalue weighted by Crippen LogP contribution is -2.40. The minimum absolute atomic E-state index is 0.0103. The predicted molar refractivity (Wildman–Crippen MR) is 85.1 cm³/mol. The number of hydrogen-bond acceptors (Lipinski definition) is 2. The van der Waals surface area contributed by atoms with E-state index in [0.717, 1.165) is 30.2 Å². The summed E-state index contributed by atoms with van der Waals surface area (Å²) in [5.41, 5.74) is 6.51. The Kier molecular flexibility index (Phi) is 5.76. The highest BCUT2D eigenvalue weighted by Gasteiger charge is 2.28. The summed E-state index contributed by atoms with van der Waals surface area (Å²) in [4.78, 5) is 14.3. The van der Waals surface area contributed by atoms with Gasteiger partial charge in [0.05, 0.1) is 0 Å². The molecule has 2 rings (SSSR count). The van der Waals surface area contributed by atoms with E-state index < -0.39 is 0 Å². The maximum absolute atomic E-state index is 13.9. The molecule has 3 nitrogen and oxygen atoms in total. The molecule has 1 fully saturated rings. The smallest absolute Gasteiger partial charge is 0.226 e. The van der Waals surface area contributed by atoms with Crippen molar-refractivity contribution in [2.75, 3.05) is 6.54 Å². The Labute approximate surface area is 133 Å². The number of benzene rings is 1. The number of carbonyl (C=O) groups is 1. The number of carbonyl (C=O) groups excluding carboxylic acids is 1. The van der Waals surface area contributed by atoms with Gasteiger partial charge in [0, 0.05) is 35.1 Å². The van der Waals surface area contributed by atoms with Gasteiger partial charge >= 0.3 is 0 Å². The third kappa shape index (κ3) is 4.27. The molecule has 2 N–H and O–H groups in total. The fourth-order valence-electron chi connectivity index (χ4n) is 2.93. The highest BCUT2D eigenvalue weighted by atomic mass is 79.9. The van der Waals surface area contributed by atoms with Gasteiger partial charge in [-0.1, -0.05) is 22.4 Å². The van der Waals surface area contributed by atoms with Gasteiger partial charge in [-0.05, 0) is 44.4 Å². The van der Waals surface area contributed by atoms with Gasteiger partial charge in [0.2, 0.25) is 5.91 Å². The summed E-state index contributed by atoms with van der Waals surface area (Å²) in [6, 6.07) is 4.94. The predicted octanol–water partition coefficient (Wildman–Crippen LogP) is 3.45. The average Bonchev–Trinajstić information content (AvgIpc) is 2.47. The molecule has 0 spiro atoms. The normalized spacial score (nSPS) is 22.1. The highest BCUT2D eigenvalue weighted by Crippen LogP contribution is 2.26. The Hall–Kier alpha value is -0.940. The first kappa shape index (κ1) is 16.4. The van der Waals surface area contributed by atoms with E-state index in [0.29, 0.717) is 18.7 Å². The van der Waals surface area contributed by atoms with Crippen molar-refractivity contribution in [2.24, 2.45) is 11.7 Å².